The molecule has 0 amide bonds. The van der Waals surface area contributed by atoms with Crippen LogP contribution in [-0.2, 0) is 24.7 Å². The molecule has 2 atom stereocenters. The summed E-state index contributed by atoms with van der Waals surface area (Å²) in [5.74, 6) is 1.56. The van der Waals surface area contributed by atoms with Crippen LogP contribution in [0.2, 0.25) is 0 Å². The molecule has 3 nitrogen and oxygen atoms in total. The van der Waals surface area contributed by atoms with Crippen LogP contribution in [-0.4, -0.2) is 36.6 Å². The molecule has 1 aliphatic carbocycles. The molecule has 0 saturated carbocycles. The number of para-hydroxylation sites is 1. The van der Waals surface area contributed by atoms with E-state index in [1.54, 1.807) is 12.7 Å². The third-order valence-corrected chi connectivity index (χ3v) is 8.52. The first-order valence-electron chi connectivity index (χ1n) is 12.7. The van der Waals surface area contributed by atoms with E-state index >= 15 is 0 Å². The highest BCUT2D eigenvalue weighted by molar-refractivity contribution is 5.87. The zero-order valence-corrected chi connectivity index (χ0v) is 20.3. The summed E-state index contributed by atoms with van der Waals surface area (Å²) in [4.78, 5) is 6.56. The molecule has 2 heterocycles. The molecular formula is C31H34N2O. The van der Waals surface area contributed by atoms with Crippen molar-refractivity contribution in [1.29, 1.82) is 0 Å². The largest absolute Gasteiger partial charge is 0.497 e. The van der Waals surface area contributed by atoms with Crippen LogP contribution in [0.25, 0.3) is 10.9 Å². The second-order valence-electron chi connectivity index (χ2n) is 10.3. The number of piperidine rings is 1. The minimum Gasteiger partial charge on any atom is -0.497 e. The summed E-state index contributed by atoms with van der Waals surface area (Å²) in [6.07, 6.45) is 4.53. The predicted molar refractivity (Wildman–Crippen MR) is 140 cm³/mol. The van der Waals surface area contributed by atoms with Gasteiger partial charge in [0.2, 0.25) is 0 Å². The standard InChI is InChI=1S/C31H34N2O/c1-22-8-6-13-27-28-19-25-21-33(16-14-23-9-4-3-5-10-23)17-15-31(25,20-29(28)32-30(22)27)24-11-7-12-26(18-24)34-2/h3-13,18,25,32H,14-17,19-21H2,1-2H3/t25?,31-/m1/s1. The topological polar surface area (TPSA) is 28.3 Å². The van der Waals surface area contributed by atoms with Gasteiger partial charge in [0.25, 0.3) is 0 Å². The van der Waals surface area contributed by atoms with Crippen molar-refractivity contribution in [1.82, 2.24) is 9.88 Å². The first-order valence-corrected chi connectivity index (χ1v) is 12.7. The maximum absolute atomic E-state index is 5.65. The molecule has 1 saturated heterocycles. The van der Waals surface area contributed by atoms with Gasteiger partial charge in [-0.05, 0) is 79.5 Å². The Kier molecular flexibility index (Phi) is 5.45. The minimum atomic E-state index is 0.152. The van der Waals surface area contributed by atoms with Gasteiger partial charge in [-0.3, -0.25) is 0 Å². The van der Waals surface area contributed by atoms with Crippen LogP contribution < -0.4 is 4.74 Å². The second kappa shape index (κ2) is 8.63. The number of likely N-dealkylation sites (tertiary alicyclic amines) is 1. The van der Waals surface area contributed by atoms with Gasteiger partial charge < -0.3 is 14.6 Å². The van der Waals surface area contributed by atoms with Crippen LogP contribution in [0.1, 0.15) is 34.4 Å². The fraction of sp³-hybridized carbons (Fsp3) is 0.355. The number of aromatic amines is 1. The number of aromatic nitrogens is 1. The van der Waals surface area contributed by atoms with Crippen molar-refractivity contribution in [3.8, 4) is 5.75 Å². The maximum atomic E-state index is 5.65. The number of benzene rings is 3. The molecule has 174 valence electrons. The zero-order chi connectivity index (χ0) is 23.1. The Balaban J connectivity index is 1.36. The van der Waals surface area contributed by atoms with E-state index < -0.39 is 0 Å². The summed E-state index contributed by atoms with van der Waals surface area (Å²) in [6.45, 7) is 5.66. The summed E-state index contributed by atoms with van der Waals surface area (Å²) in [6, 6.07) is 26.6. The highest BCUT2D eigenvalue weighted by atomic mass is 16.5. The average molecular weight is 451 g/mol. The van der Waals surface area contributed by atoms with Crippen LogP contribution in [0, 0.1) is 12.8 Å². The molecule has 4 aromatic rings. The third kappa shape index (κ3) is 3.63. The lowest BCUT2D eigenvalue weighted by molar-refractivity contribution is 0.0822. The Morgan fingerprint density at radius 1 is 1.03 bits per heavy atom. The molecule has 3 aromatic carbocycles. The number of methoxy groups -OCH3 is 1. The molecule has 0 bridgehead atoms. The van der Waals surface area contributed by atoms with Crippen molar-refractivity contribution in [2.24, 2.45) is 5.92 Å². The molecule has 6 rings (SSSR count). The van der Waals surface area contributed by atoms with E-state index in [1.807, 2.05) is 0 Å². The van der Waals surface area contributed by atoms with Gasteiger partial charge in [0.1, 0.15) is 5.75 Å². The van der Waals surface area contributed by atoms with Crippen LogP contribution in [0.15, 0.2) is 72.8 Å². The Bertz CT molecular complexity index is 1310. The number of rotatable bonds is 5. The van der Waals surface area contributed by atoms with Gasteiger partial charge >= 0.3 is 0 Å². The molecule has 3 heteroatoms. The summed E-state index contributed by atoms with van der Waals surface area (Å²) in [7, 11) is 1.78. The number of fused-ring (bicyclic) bond motifs is 4. The van der Waals surface area contributed by atoms with Crippen molar-refractivity contribution in [2.75, 3.05) is 26.7 Å². The van der Waals surface area contributed by atoms with E-state index in [9.17, 15) is 0 Å². The third-order valence-electron chi connectivity index (χ3n) is 8.52. The fourth-order valence-corrected chi connectivity index (χ4v) is 6.60. The zero-order valence-electron chi connectivity index (χ0n) is 20.3. The molecule has 1 aromatic heterocycles. The SMILES string of the molecule is COc1cccc([C@]23CCN(CCc4ccccc4)CC2Cc2c([nH]c4c(C)cccc24)C3)c1. The number of aryl methyl sites for hydroxylation is 1. The van der Waals surface area contributed by atoms with Crippen molar-refractivity contribution in [2.45, 2.75) is 38.0 Å². The molecule has 2 aliphatic rings. The number of hydrogen-bond donors (Lipinski definition) is 1. The maximum Gasteiger partial charge on any atom is 0.119 e. The molecule has 0 radical (unpaired) electrons. The molecular weight excluding hydrogens is 416 g/mol. The Hall–Kier alpha value is -3.04. The monoisotopic (exact) mass is 450 g/mol. The summed E-state index contributed by atoms with van der Waals surface area (Å²) >= 11 is 0. The minimum absolute atomic E-state index is 0.152. The van der Waals surface area contributed by atoms with E-state index in [2.05, 4.69) is 89.6 Å². The molecule has 1 unspecified atom stereocenters. The van der Waals surface area contributed by atoms with Crippen LogP contribution in [0.5, 0.6) is 5.75 Å². The first-order chi connectivity index (χ1) is 16.7. The lowest BCUT2D eigenvalue weighted by Crippen LogP contribution is -2.54. The fourth-order valence-electron chi connectivity index (χ4n) is 6.60. The second-order valence-corrected chi connectivity index (χ2v) is 10.3. The van der Waals surface area contributed by atoms with Crippen LogP contribution >= 0.6 is 0 Å². The van der Waals surface area contributed by atoms with E-state index in [4.69, 9.17) is 4.74 Å². The lowest BCUT2D eigenvalue weighted by Gasteiger charge is -2.51. The van der Waals surface area contributed by atoms with Crippen molar-refractivity contribution in [3.05, 3.63) is 101 Å². The summed E-state index contributed by atoms with van der Waals surface area (Å²) < 4.78 is 5.65. The Labute approximate surface area is 202 Å². The number of nitrogens with one attached hydrogen (secondary N) is 1. The van der Waals surface area contributed by atoms with Gasteiger partial charge in [0, 0.05) is 35.1 Å². The number of ether oxygens (including phenoxy) is 1. The van der Waals surface area contributed by atoms with Gasteiger partial charge in [-0.2, -0.15) is 0 Å². The number of hydrogen-bond acceptors (Lipinski definition) is 2. The van der Waals surface area contributed by atoms with E-state index in [0.29, 0.717) is 5.92 Å². The molecule has 1 fully saturated rings. The average Bonchev–Trinajstić information content (AvgIpc) is 3.25. The first kappa shape index (κ1) is 21.5. The quantitative estimate of drug-likeness (QED) is 0.399. The highest BCUT2D eigenvalue weighted by Crippen LogP contribution is 2.49. The Morgan fingerprint density at radius 3 is 2.74 bits per heavy atom. The van der Waals surface area contributed by atoms with Crippen LogP contribution in [0.3, 0.4) is 0 Å². The van der Waals surface area contributed by atoms with Crippen LogP contribution in [0.4, 0.5) is 0 Å². The smallest absolute Gasteiger partial charge is 0.119 e. The van der Waals surface area contributed by atoms with Gasteiger partial charge in [0.05, 0.1) is 7.11 Å². The van der Waals surface area contributed by atoms with E-state index in [-0.39, 0.29) is 5.41 Å². The molecule has 34 heavy (non-hydrogen) atoms. The van der Waals surface area contributed by atoms with E-state index in [0.717, 1.165) is 44.6 Å². The van der Waals surface area contributed by atoms with Gasteiger partial charge in [0.15, 0.2) is 0 Å². The normalized spacial score (nSPS) is 22.4. The van der Waals surface area contributed by atoms with Crippen molar-refractivity contribution >= 4 is 10.9 Å². The Morgan fingerprint density at radius 2 is 1.88 bits per heavy atom. The van der Waals surface area contributed by atoms with Gasteiger partial charge in [-0.1, -0.05) is 60.7 Å². The van der Waals surface area contributed by atoms with Gasteiger partial charge in [-0.15, -0.1) is 0 Å². The summed E-state index contributed by atoms with van der Waals surface area (Å²) in [5.41, 5.74) is 8.70. The summed E-state index contributed by atoms with van der Waals surface area (Å²) in [5, 5.41) is 1.43. The molecule has 1 aliphatic heterocycles. The predicted octanol–water partition coefficient (Wildman–Crippen LogP) is 6.09. The molecule has 0 spiro atoms. The van der Waals surface area contributed by atoms with Crippen molar-refractivity contribution < 1.29 is 4.74 Å². The van der Waals surface area contributed by atoms with Crippen molar-refractivity contribution in [3.63, 3.8) is 0 Å². The lowest BCUT2D eigenvalue weighted by atomic mass is 9.58. The molecule has 1 N–H and O–H groups in total. The van der Waals surface area contributed by atoms with Gasteiger partial charge in [-0.25, -0.2) is 0 Å². The highest BCUT2D eigenvalue weighted by Gasteiger charge is 2.48. The number of H-pyrrole nitrogens is 1. The number of nitrogens with zero attached hydrogens (tertiary/aromatic N) is 1. The van der Waals surface area contributed by atoms with E-state index in [1.165, 1.54) is 39.7 Å².